The van der Waals surface area contributed by atoms with Crippen LogP contribution in [0.1, 0.15) is 23.6 Å². The van der Waals surface area contributed by atoms with Gasteiger partial charge in [0, 0.05) is 29.1 Å². The molecule has 146 valence electrons. The van der Waals surface area contributed by atoms with E-state index in [1.807, 2.05) is 61.5 Å². The van der Waals surface area contributed by atoms with Crippen LogP contribution in [0.3, 0.4) is 0 Å². The highest BCUT2D eigenvalue weighted by molar-refractivity contribution is 6.32. The quantitative estimate of drug-likeness (QED) is 0.675. The lowest BCUT2D eigenvalue weighted by Crippen LogP contribution is -2.38. The highest BCUT2D eigenvalue weighted by Gasteiger charge is 2.31. The first-order valence-electron chi connectivity index (χ1n) is 9.59. The number of halogens is 1. The fourth-order valence-electron chi connectivity index (χ4n) is 3.66. The predicted molar refractivity (Wildman–Crippen MR) is 117 cm³/mol. The van der Waals surface area contributed by atoms with Crippen molar-refractivity contribution in [2.75, 3.05) is 11.4 Å². The van der Waals surface area contributed by atoms with Crippen molar-refractivity contribution >= 4 is 28.9 Å². The van der Waals surface area contributed by atoms with Crippen LogP contribution in [0.15, 0.2) is 77.8 Å². The molecule has 0 aromatic heterocycles. The van der Waals surface area contributed by atoms with Crippen LogP contribution in [0, 0.1) is 0 Å². The summed E-state index contributed by atoms with van der Waals surface area (Å²) < 4.78 is 0. The first-order valence-corrected chi connectivity index (χ1v) is 9.97. The van der Waals surface area contributed by atoms with Crippen molar-refractivity contribution in [3.8, 4) is 5.75 Å². The Morgan fingerprint density at radius 3 is 2.45 bits per heavy atom. The van der Waals surface area contributed by atoms with E-state index in [-0.39, 0.29) is 11.7 Å². The molecule has 3 aromatic rings. The summed E-state index contributed by atoms with van der Waals surface area (Å²) in [5, 5.41) is 10.3. The molecule has 3 aromatic carbocycles. The highest BCUT2D eigenvalue weighted by atomic mass is 35.5. The molecular weight excluding hydrogens is 384 g/mol. The molecule has 1 heterocycles. The van der Waals surface area contributed by atoms with Crippen LogP contribution in [0.4, 0.5) is 5.69 Å². The molecule has 0 bridgehead atoms. The Labute approximate surface area is 175 Å². The van der Waals surface area contributed by atoms with Crippen LogP contribution in [0.25, 0.3) is 0 Å². The summed E-state index contributed by atoms with van der Waals surface area (Å²) in [4.78, 5) is 20.1. The number of carbonyl (C=O) groups excluding carboxylic acids is 1. The van der Waals surface area contributed by atoms with Crippen LogP contribution in [0.5, 0.6) is 5.75 Å². The number of nitrogens with zero attached hydrogens (tertiary/aromatic N) is 2. The van der Waals surface area contributed by atoms with Gasteiger partial charge in [0.2, 0.25) is 0 Å². The van der Waals surface area contributed by atoms with Crippen molar-refractivity contribution in [2.24, 2.45) is 4.99 Å². The molecule has 1 atom stereocenters. The molecule has 29 heavy (non-hydrogen) atoms. The van der Waals surface area contributed by atoms with Gasteiger partial charge in [-0.15, -0.1) is 0 Å². The molecule has 1 aliphatic rings. The molecule has 0 saturated heterocycles. The summed E-state index contributed by atoms with van der Waals surface area (Å²) in [6.07, 6.45) is 0.513. The zero-order chi connectivity index (χ0) is 20.4. The molecule has 5 heteroatoms. The first-order chi connectivity index (χ1) is 14.1. The number of phenolic OH excluding ortho intramolecular Hbond substituents is 1. The molecule has 0 fully saturated rings. The summed E-state index contributed by atoms with van der Waals surface area (Å²) in [7, 11) is 0. The van der Waals surface area contributed by atoms with Crippen molar-refractivity contribution in [2.45, 2.75) is 19.4 Å². The Morgan fingerprint density at radius 2 is 1.76 bits per heavy atom. The van der Waals surface area contributed by atoms with Crippen LogP contribution >= 0.6 is 11.6 Å². The molecule has 4 nitrogen and oxygen atoms in total. The maximum atomic E-state index is 13.4. The van der Waals surface area contributed by atoms with Gasteiger partial charge < -0.3 is 10.0 Å². The lowest BCUT2D eigenvalue weighted by molar-refractivity contribution is -0.119. The molecule has 0 aliphatic carbocycles. The summed E-state index contributed by atoms with van der Waals surface area (Å²) in [6, 6.07) is 21.7. The highest BCUT2D eigenvalue weighted by Crippen LogP contribution is 2.32. The van der Waals surface area contributed by atoms with E-state index in [1.165, 1.54) is 0 Å². The third-order valence-corrected chi connectivity index (χ3v) is 5.30. The van der Waals surface area contributed by atoms with Gasteiger partial charge in [-0.2, -0.15) is 0 Å². The second-order valence-electron chi connectivity index (χ2n) is 6.97. The second kappa shape index (κ2) is 8.10. The van der Waals surface area contributed by atoms with Gasteiger partial charge in [0.25, 0.3) is 5.91 Å². The molecule has 0 spiro atoms. The molecule has 0 radical (unpaired) electrons. The SMILES string of the molecule is CCN1C(=O)C(Cc2ccccc2)N=C(c2ccc(O)cc2)c2cc(Cl)ccc21. The Hall–Kier alpha value is -3.11. The van der Waals surface area contributed by atoms with Gasteiger partial charge in [-0.3, -0.25) is 9.79 Å². The summed E-state index contributed by atoms with van der Waals surface area (Å²) >= 11 is 6.30. The van der Waals surface area contributed by atoms with Crippen molar-refractivity contribution in [1.29, 1.82) is 0 Å². The van der Waals surface area contributed by atoms with Crippen molar-refractivity contribution in [3.63, 3.8) is 0 Å². The van der Waals surface area contributed by atoms with Gasteiger partial charge in [0.05, 0.1) is 11.4 Å². The molecule has 4 rings (SSSR count). The monoisotopic (exact) mass is 404 g/mol. The normalized spacial score (nSPS) is 16.2. The van der Waals surface area contributed by atoms with E-state index in [0.717, 1.165) is 22.4 Å². The van der Waals surface area contributed by atoms with Crippen molar-refractivity contribution in [1.82, 2.24) is 0 Å². The zero-order valence-electron chi connectivity index (χ0n) is 16.0. The average Bonchev–Trinajstić information content (AvgIpc) is 2.84. The first kappa shape index (κ1) is 19.2. The topological polar surface area (TPSA) is 52.9 Å². The van der Waals surface area contributed by atoms with E-state index in [1.54, 1.807) is 23.1 Å². The van der Waals surface area contributed by atoms with Gasteiger partial charge in [-0.05, 0) is 55.0 Å². The Kier molecular flexibility index (Phi) is 5.36. The number of anilines is 1. The van der Waals surface area contributed by atoms with Gasteiger partial charge >= 0.3 is 0 Å². The largest absolute Gasteiger partial charge is 0.508 e. The number of rotatable bonds is 4. The van der Waals surface area contributed by atoms with Crippen molar-refractivity contribution < 1.29 is 9.90 Å². The molecule has 1 unspecified atom stereocenters. The average molecular weight is 405 g/mol. The third kappa shape index (κ3) is 3.89. The number of aliphatic imine (C=N–C) groups is 1. The van der Waals surface area contributed by atoms with E-state index in [0.29, 0.717) is 23.7 Å². The molecule has 0 saturated carbocycles. The van der Waals surface area contributed by atoms with E-state index >= 15 is 0 Å². The number of fused-ring (bicyclic) bond motifs is 1. The number of carbonyl (C=O) groups is 1. The summed E-state index contributed by atoms with van der Waals surface area (Å²) in [5.41, 5.74) is 4.20. The maximum absolute atomic E-state index is 13.4. The van der Waals surface area contributed by atoms with E-state index in [9.17, 15) is 9.90 Å². The number of hydrogen-bond acceptors (Lipinski definition) is 3. The number of likely N-dealkylation sites (N-methyl/N-ethyl adjacent to an activating group) is 1. The van der Waals surface area contributed by atoms with E-state index in [4.69, 9.17) is 16.6 Å². The number of aromatic hydroxyl groups is 1. The fraction of sp³-hybridized carbons (Fsp3) is 0.167. The predicted octanol–water partition coefficient (Wildman–Crippen LogP) is 4.86. The summed E-state index contributed by atoms with van der Waals surface area (Å²) in [6.45, 7) is 2.50. The lowest BCUT2D eigenvalue weighted by Gasteiger charge is -2.24. The van der Waals surface area contributed by atoms with Gasteiger partial charge in [-0.1, -0.05) is 41.9 Å². The van der Waals surface area contributed by atoms with Crippen molar-refractivity contribution in [3.05, 3.63) is 94.5 Å². The number of benzene rings is 3. The smallest absolute Gasteiger partial charge is 0.252 e. The second-order valence-corrected chi connectivity index (χ2v) is 7.41. The van der Waals surface area contributed by atoms with Gasteiger partial charge in [0.15, 0.2) is 0 Å². The van der Waals surface area contributed by atoms with Gasteiger partial charge in [0.1, 0.15) is 11.8 Å². The Morgan fingerprint density at radius 1 is 1.03 bits per heavy atom. The number of phenols is 1. The minimum Gasteiger partial charge on any atom is -0.508 e. The molecule has 1 N–H and O–H groups in total. The van der Waals surface area contributed by atoms with E-state index < -0.39 is 6.04 Å². The van der Waals surface area contributed by atoms with E-state index in [2.05, 4.69) is 0 Å². The number of amides is 1. The fourth-order valence-corrected chi connectivity index (χ4v) is 3.83. The minimum absolute atomic E-state index is 0.0336. The van der Waals surface area contributed by atoms with Crippen LogP contribution in [-0.2, 0) is 11.2 Å². The Balaban J connectivity index is 1.89. The Bertz CT molecular complexity index is 1060. The number of benzodiazepines with no additional fused rings is 1. The summed E-state index contributed by atoms with van der Waals surface area (Å²) in [5.74, 6) is 0.148. The zero-order valence-corrected chi connectivity index (χ0v) is 16.8. The maximum Gasteiger partial charge on any atom is 0.252 e. The molecule has 1 amide bonds. The van der Waals surface area contributed by atoms with Gasteiger partial charge in [-0.25, -0.2) is 0 Å². The standard InChI is InChI=1S/C24H21ClN2O2/c1-2-27-22-13-10-18(25)15-20(22)23(17-8-11-19(28)12-9-17)26-21(24(27)29)14-16-6-4-3-5-7-16/h3-13,15,21,28H,2,14H2,1H3. The number of hydrogen-bond donors (Lipinski definition) is 1. The molecule has 1 aliphatic heterocycles. The van der Waals surface area contributed by atoms with Crippen LogP contribution < -0.4 is 4.90 Å². The van der Waals surface area contributed by atoms with Crippen LogP contribution in [0.2, 0.25) is 5.02 Å². The van der Waals surface area contributed by atoms with Crippen LogP contribution in [-0.4, -0.2) is 29.3 Å². The third-order valence-electron chi connectivity index (χ3n) is 5.07. The lowest BCUT2D eigenvalue weighted by atomic mass is 10.00. The minimum atomic E-state index is -0.549. The molecular formula is C24H21ClN2O2.